The Labute approximate surface area is 126 Å². The largest absolute Gasteiger partial charge is 0.377 e. The average Bonchev–Trinajstić information content (AvgIpc) is 3.07. The maximum Gasteiger partial charge on any atom is 0.0781 e. The van der Waals surface area contributed by atoms with Crippen molar-refractivity contribution in [3.8, 4) is 0 Å². The van der Waals surface area contributed by atoms with E-state index >= 15 is 0 Å². The lowest BCUT2D eigenvalue weighted by Gasteiger charge is -2.39. The van der Waals surface area contributed by atoms with Gasteiger partial charge in [-0.25, -0.2) is 0 Å². The molecule has 116 valence electrons. The van der Waals surface area contributed by atoms with Gasteiger partial charge in [-0.05, 0) is 12.8 Å². The average molecular weight is 291 g/mol. The van der Waals surface area contributed by atoms with E-state index in [1.54, 1.807) is 0 Å². The summed E-state index contributed by atoms with van der Waals surface area (Å²) in [4.78, 5) is 2.55. The third-order valence-corrected chi connectivity index (χ3v) is 4.55. The molecule has 5 nitrogen and oxygen atoms in total. The highest BCUT2D eigenvalue weighted by molar-refractivity contribution is 5.05. The van der Waals surface area contributed by atoms with Crippen LogP contribution in [-0.2, 0) is 23.1 Å². The maximum atomic E-state index is 6.05. The molecule has 3 unspecified atom stereocenters. The maximum absolute atomic E-state index is 6.05. The van der Waals surface area contributed by atoms with Crippen molar-refractivity contribution in [1.82, 2.24) is 14.7 Å². The molecule has 0 spiro atoms. The van der Waals surface area contributed by atoms with Gasteiger partial charge in [-0.15, -0.1) is 6.58 Å². The summed E-state index contributed by atoms with van der Waals surface area (Å²) in [5, 5.41) is 4.26. The Bertz CT molecular complexity index is 474. The molecule has 21 heavy (non-hydrogen) atoms. The van der Waals surface area contributed by atoms with Crippen molar-refractivity contribution in [2.45, 2.75) is 31.5 Å². The molecule has 2 heterocycles. The predicted molar refractivity (Wildman–Crippen MR) is 80.9 cm³/mol. The Balaban J connectivity index is 1.59. The molecule has 2 aliphatic rings. The van der Waals surface area contributed by atoms with Crippen LogP contribution in [0.4, 0.5) is 0 Å². The van der Waals surface area contributed by atoms with Gasteiger partial charge in [-0.3, -0.25) is 9.58 Å². The first-order chi connectivity index (χ1) is 10.3. The van der Waals surface area contributed by atoms with Crippen LogP contribution in [-0.4, -0.2) is 53.2 Å². The highest BCUT2D eigenvalue weighted by Gasteiger charge is 2.42. The lowest BCUT2D eigenvalue weighted by molar-refractivity contribution is -0.0869. The standard InChI is InChI=1S/C16H25N3O2/c1-3-7-20-12-14-4-5-15-16(14)21-8-6-19(15)11-13-9-17-18(2)10-13/h3,9-10,14-16H,1,4-8,11-12H2,2H3. The summed E-state index contributed by atoms with van der Waals surface area (Å²) in [6, 6.07) is 0.524. The Morgan fingerprint density at radius 2 is 2.43 bits per heavy atom. The summed E-state index contributed by atoms with van der Waals surface area (Å²) in [5.74, 6) is 0.520. The van der Waals surface area contributed by atoms with Gasteiger partial charge in [0.1, 0.15) is 0 Å². The van der Waals surface area contributed by atoms with Crippen LogP contribution >= 0.6 is 0 Å². The number of morpholine rings is 1. The van der Waals surface area contributed by atoms with E-state index in [-0.39, 0.29) is 0 Å². The number of fused-ring (bicyclic) bond motifs is 1. The Hall–Kier alpha value is -1.17. The van der Waals surface area contributed by atoms with Crippen molar-refractivity contribution >= 4 is 0 Å². The number of hydrogen-bond donors (Lipinski definition) is 0. The molecule has 1 saturated heterocycles. The van der Waals surface area contributed by atoms with E-state index in [0.29, 0.717) is 24.7 Å². The zero-order chi connectivity index (χ0) is 14.7. The van der Waals surface area contributed by atoms with Crippen molar-refractivity contribution in [2.24, 2.45) is 13.0 Å². The Morgan fingerprint density at radius 3 is 3.19 bits per heavy atom. The predicted octanol–water partition coefficient (Wildman–Crippen LogP) is 1.60. The van der Waals surface area contributed by atoms with Crippen LogP contribution in [0.5, 0.6) is 0 Å². The minimum Gasteiger partial charge on any atom is -0.377 e. The van der Waals surface area contributed by atoms with Gasteiger partial charge >= 0.3 is 0 Å². The minimum atomic E-state index is 0.320. The van der Waals surface area contributed by atoms with Gasteiger partial charge < -0.3 is 9.47 Å². The van der Waals surface area contributed by atoms with E-state index < -0.39 is 0 Å². The summed E-state index contributed by atoms with van der Waals surface area (Å²) >= 11 is 0. The molecule has 0 N–H and O–H groups in total. The second-order valence-electron chi connectivity index (χ2n) is 6.06. The fourth-order valence-corrected chi connectivity index (χ4v) is 3.60. The van der Waals surface area contributed by atoms with Crippen molar-refractivity contribution in [3.63, 3.8) is 0 Å². The van der Waals surface area contributed by atoms with E-state index in [9.17, 15) is 0 Å². The van der Waals surface area contributed by atoms with Gasteiger partial charge in [0.15, 0.2) is 0 Å². The number of rotatable bonds is 6. The second kappa shape index (κ2) is 6.73. The Morgan fingerprint density at radius 1 is 1.52 bits per heavy atom. The molecular formula is C16H25N3O2. The number of nitrogens with zero attached hydrogens (tertiary/aromatic N) is 3. The molecule has 1 aliphatic heterocycles. The van der Waals surface area contributed by atoms with Crippen LogP contribution in [0, 0.1) is 5.92 Å². The number of ether oxygens (including phenoxy) is 2. The molecule has 1 aromatic heterocycles. The van der Waals surface area contributed by atoms with Crippen molar-refractivity contribution < 1.29 is 9.47 Å². The molecule has 0 amide bonds. The molecule has 0 radical (unpaired) electrons. The highest BCUT2D eigenvalue weighted by Crippen LogP contribution is 2.35. The summed E-state index contributed by atoms with van der Waals surface area (Å²) in [7, 11) is 1.97. The third kappa shape index (κ3) is 3.36. The van der Waals surface area contributed by atoms with Gasteiger partial charge in [0.2, 0.25) is 0 Å². The third-order valence-electron chi connectivity index (χ3n) is 4.55. The van der Waals surface area contributed by atoms with Crippen LogP contribution in [0.2, 0.25) is 0 Å². The normalized spacial score (nSPS) is 29.5. The fraction of sp³-hybridized carbons (Fsp3) is 0.688. The molecule has 2 fully saturated rings. The fourth-order valence-electron chi connectivity index (χ4n) is 3.60. The zero-order valence-corrected chi connectivity index (χ0v) is 12.8. The van der Waals surface area contributed by atoms with Crippen molar-refractivity contribution in [3.05, 3.63) is 30.6 Å². The molecule has 1 aromatic rings. The highest BCUT2D eigenvalue weighted by atomic mass is 16.5. The molecule has 0 aromatic carbocycles. The quantitative estimate of drug-likeness (QED) is 0.589. The molecule has 3 atom stereocenters. The number of aromatic nitrogens is 2. The van der Waals surface area contributed by atoms with E-state index in [4.69, 9.17) is 9.47 Å². The second-order valence-corrected chi connectivity index (χ2v) is 6.06. The van der Waals surface area contributed by atoms with Crippen LogP contribution in [0.25, 0.3) is 0 Å². The first kappa shape index (κ1) is 14.8. The topological polar surface area (TPSA) is 39.5 Å². The molecule has 0 bridgehead atoms. The van der Waals surface area contributed by atoms with Crippen LogP contribution < -0.4 is 0 Å². The van der Waals surface area contributed by atoms with Crippen LogP contribution in [0.3, 0.4) is 0 Å². The van der Waals surface area contributed by atoms with Gasteiger partial charge in [0.25, 0.3) is 0 Å². The smallest absolute Gasteiger partial charge is 0.0781 e. The summed E-state index contributed by atoms with van der Waals surface area (Å²) < 4.78 is 13.6. The van der Waals surface area contributed by atoms with Gasteiger partial charge in [-0.2, -0.15) is 5.10 Å². The van der Waals surface area contributed by atoms with Gasteiger partial charge in [0, 0.05) is 43.9 Å². The van der Waals surface area contributed by atoms with Crippen LogP contribution in [0.1, 0.15) is 18.4 Å². The molecule has 1 saturated carbocycles. The van der Waals surface area contributed by atoms with Crippen LogP contribution in [0.15, 0.2) is 25.0 Å². The zero-order valence-electron chi connectivity index (χ0n) is 12.8. The Kier molecular flexibility index (Phi) is 4.73. The first-order valence-electron chi connectivity index (χ1n) is 7.79. The minimum absolute atomic E-state index is 0.320. The summed E-state index contributed by atoms with van der Waals surface area (Å²) in [6.07, 6.45) is 8.58. The van der Waals surface area contributed by atoms with Crippen molar-refractivity contribution in [2.75, 3.05) is 26.4 Å². The van der Waals surface area contributed by atoms with Gasteiger partial charge in [0.05, 0.1) is 32.1 Å². The number of aryl methyl sites for hydroxylation is 1. The molecule has 1 aliphatic carbocycles. The van der Waals surface area contributed by atoms with E-state index in [2.05, 4.69) is 22.8 Å². The summed E-state index contributed by atoms with van der Waals surface area (Å²) in [5.41, 5.74) is 1.28. The number of hydrogen-bond acceptors (Lipinski definition) is 4. The summed E-state index contributed by atoms with van der Waals surface area (Å²) in [6.45, 7) is 7.91. The molecular weight excluding hydrogens is 266 g/mol. The molecule has 5 heteroatoms. The molecule has 3 rings (SSSR count). The van der Waals surface area contributed by atoms with Crippen molar-refractivity contribution in [1.29, 1.82) is 0 Å². The van der Waals surface area contributed by atoms with E-state index in [1.807, 2.05) is 24.0 Å². The van der Waals surface area contributed by atoms with Gasteiger partial charge in [-0.1, -0.05) is 6.08 Å². The SMILES string of the molecule is C=CCOCC1CCC2C1OCCN2Cc1cnn(C)c1. The van der Waals surface area contributed by atoms with E-state index in [0.717, 1.165) is 26.3 Å². The lowest BCUT2D eigenvalue weighted by Crippen LogP contribution is -2.50. The van der Waals surface area contributed by atoms with E-state index in [1.165, 1.54) is 18.4 Å². The monoisotopic (exact) mass is 291 g/mol. The first-order valence-corrected chi connectivity index (χ1v) is 7.79. The lowest BCUT2D eigenvalue weighted by atomic mass is 10.0.